The zero-order chi connectivity index (χ0) is 15.2. The van der Waals surface area contributed by atoms with E-state index in [9.17, 15) is 10.1 Å². The number of carbonyl (C=O) groups excluding carboxylic acids is 1. The molecule has 0 fully saturated rings. The van der Waals surface area contributed by atoms with Crippen molar-refractivity contribution in [3.05, 3.63) is 28.2 Å². The number of nitriles is 1. The van der Waals surface area contributed by atoms with Gasteiger partial charge in [-0.25, -0.2) is 0 Å². The standard InChI is InChI=1S/C16H21BrN2O/c1-4-9-16(11-18,10-5-2)15(20)19-14-8-6-7-13(17)12(14)3/h6-8H,4-5,9-10H2,1-3H3,(H,19,20). The summed E-state index contributed by atoms with van der Waals surface area (Å²) in [6, 6.07) is 7.91. The molecule has 1 N–H and O–H groups in total. The van der Waals surface area contributed by atoms with Crippen LogP contribution in [-0.4, -0.2) is 5.91 Å². The molecule has 1 aromatic carbocycles. The van der Waals surface area contributed by atoms with Gasteiger partial charge in [-0.2, -0.15) is 5.26 Å². The van der Waals surface area contributed by atoms with Crippen LogP contribution in [0.4, 0.5) is 5.69 Å². The molecule has 0 atom stereocenters. The molecule has 0 aromatic heterocycles. The van der Waals surface area contributed by atoms with Crippen LogP contribution in [0.15, 0.2) is 22.7 Å². The Kier molecular flexibility index (Phi) is 6.22. The van der Waals surface area contributed by atoms with Crippen molar-refractivity contribution in [3.63, 3.8) is 0 Å². The van der Waals surface area contributed by atoms with Crippen LogP contribution in [0, 0.1) is 23.7 Å². The van der Waals surface area contributed by atoms with E-state index in [-0.39, 0.29) is 5.91 Å². The Morgan fingerprint density at radius 3 is 2.45 bits per heavy atom. The van der Waals surface area contributed by atoms with E-state index < -0.39 is 5.41 Å². The maximum Gasteiger partial charge on any atom is 0.244 e. The van der Waals surface area contributed by atoms with Crippen molar-refractivity contribution in [1.82, 2.24) is 0 Å². The van der Waals surface area contributed by atoms with Crippen LogP contribution in [0.3, 0.4) is 0 Å². The maximum absolute atomic E-state index is 12.6. The van der Waals surface area contributed by atoms with Crippen molar-refractivity contribution in [1.29, 1.82) is 5.26 Å². The van der Waals surface area contributed by atoms with Gasteiger partial charge < -0.3 is 5.32 Å². The number of hydrogen-bond acceptors (Lipinski definition) is 2. The first kappa shape index (κ1) is 16.7. The minimum atomic E-state index is -0.918. The quantitative estimate of drug-likeness (QED) is 0.810. The molecule has 0 radical (unpaired) electrons. The highest BCUT2D eigenvalue weighted by Gasteiger charge is 2.37. The predicted molar refractivity (Wildman–Crippen MR) is 85.4 cm³/mol. The van der Waals surface area contributed by atoms with Crippen LogP contribution in [0.2, 0.25) is 0 Å². The maximum atomic E-state index is 12.6. The Balaban J connectivity index is 3.02. The lowest BCUT2D eigenvalue weighted by Crippen LogP contribution is -2.35. The average molecular weight is 337 g/mol. The molecule has 0 unspecified atom stereocenters. The van der Waals surface area contributed by atoms with Gasteiger partial charge in [0.2, 0.25) is 5.91 Å². The van der Waals surface area contributed by atoms with E-state index >= 15 is 0 Å². The van der Waals surface area contributed by atoms with Crippen LogP contribution in [0.25, 0.3) is 0 Å². The molecular weight excluding hydrogens is 316 g/mol. The van der Waals surface area contributed by atoms with Gasteiger partial charge >= 0.3 is 0 Å². The number of anilines is 1. The SMILES string of the molecule is CCCC(C#N)(CCC)C(=O)Nc1cccc(Br)c1C. The molecular formula is C16H21BrN2O. The summed E-state index contributed by atoms with van der Waals surface area (Å²) in [5, 5.41) is 12.4. The fourth-order valence-electron chi connectivity index (χ4n) is 2.35. The average Bonchev–Trinajstić information content (AvgIpc) is 2.43. The number of nitrogens with zero attached hydrogens (tertiary/aromatic N) is 1. The molecule has 0 saturated heterocycles. The van der Waals surface area contributed by atoms with E-state index in [0.29, 0.717) is 12.8 Å². The van der Waals surface area contributed by atoms with Gasteiger partial charge in [0, 0.05) is 10.2 Å². The summed E-state index contributed by atoms with van der Waals surface area (Å²) in [5.41, 5.74) is 0.815. The Morgan fingerprint density at radius 2 is 1.95 bits per heavy atom. The predicted octanol–water partition coefficient (Wildman–Crippen LogP) is 4.81. The van der Waals surface area contributed by atoms with Crippen molar-refractivity contribution in [2.24, 2.45) is 5.41 Å². The molecule has 108 valence electrons. The first-order chi connectivity index (χ1) is 9.50. The van der Waals surface area contributed by atoms with Gasteiger partial charge in [0.05, 0.1) is 6.07 Å². The minimum Gasteiger partial charge on any atom is -0.324 e. The lowest BCUT2D eigenvalue weighted by atomic mass is 9.79. The van der Waals surface area contributed by atoms with Gasteiger partial charge in [-0.15, -0.1) is 0 Å². The van der Waals surface area contributed by atoms with Crippen LogP contribution < -0.4 is 5.32 Å². The van der Waals surface area contributed by atoms with E-state index in [2.05, 4.69) is 27.3 Å². The molecule has 0 saturated carbocycles. The van der Waals surface area contributed by atoms with Crippen molar-refractivity contribution < 1.29 is 4.79 Å². The molecule has 0 aliphatic carbocycles. The topological polar surface area (TPSA) is 52.9 Å². The third-order valence-corrected chi connectivity index (χ3v) is 4.38. The lowest BCUT2D eigenvalue weighted by Gasteiger charge is -2.25. The molecule has 0 heterocycles. The van der Waals surface area contributed by atoms with Gasteiger partial charge in [-0.3, -0.25) is 4.79 Å². The van der Waals surface area contributed by atoms with E-state index in [1.54, 1.807) is 0 Å². The molecule has 0 aliphatic rings. The summed E-state index contributed by atoms with van der Waals surface area (Å²) in [6.45, 7) is 5.94. The summed E-state index contributed by atoms with van der Waals surface area (Å²) in [6.07, 6.45) is 2.82. The largest absolute Gasteiger partial charge is 0.324 e. The molecule has 4 heteroatoms. The fraction of sp³-hybridized carbons (Fsp3) is 0.500. The van der Waals surface area contributed by atoms with Crippen molar-refractivity contribution in [3.8, 4) is 6.07 Å². The van der Waals surface area contributed by atoms with Gasteiger partial charge in [0.1, 0.15) is 5.41 Å². The molecule has 1 amide bonds. The number of hydrogen-bond donors (Lipinski definition) is 1. The van der Waals surface area contributed by atoms with Gasteiger partial charge in [0.15, 0.2) is 0 Å². The highest BCUT2D eigenvalue weighted by Crippen LogP contribution is 2.32. The third-order valence-electron chi connectivity index (χ3n) is 3.52. The minimum absolute atomic E-state index is 0.190. The van der Waals surface area contributed by atoms with Crippen LogP contribution in [0.5, 0.6) is 0 Å². The van der Waals surface area contributed by atoms with Crippen LogP contribution in [0.1, 0.15) is 45.1 Å². The summed E-state index contributed by atoms with van der Waals surface area (Å²) >= 11 is 3.45. The second kappa shape index (κ2) is 7.44. The molecule has 1 aromatic rings. The highest BCUT2D eigenvalue weighted by molar-refractivity contribution is 9.10. The molecule has 3 nitrogen and oxygen atoms in total. The molecule has 0 bridgehead atoms. The number of carbonyl (C=O) groups is 1. The second-order valence-electron chi connectivity index (χ2n) is 5.06. The fourth-order valence-corrected chi connectivity index (χ4v) is 2.72. The summed E-state index contributed by atoms with van der Waals surface area (Å²) in [4.78, 5) is 12.6. The summed E-state index contributed by atoms with van der Waals surface area (Å²) in [7, 11) is 0. The summed E-state index contributed by atoms with van der Waals surface area (Å²) in [5.74, 6) is -0.190. The first-order valence-electron chi connectivity index (χ1n) is 6.98. The van der Waals surface area contributed by atoms with E-state index in [4.69, 9.17) is 0 Å². The normalized spacial score (nSPS) is 10.9. The number of amides is 1. The Bertz CT molecular complexity index is 514. The third kappa shape index (κ3) is 3.61. The molecule has 20 heavy (non-hydrogen) atoms. The second-order valence-corrected chi connectivity index (χ2v) is 5.91. The zero-order valence-corrected chi connectivity index (χ0v) is 13.9. The summed E-state index contributed by atoms with van der Waals surface area (Å²) < 4.78 is 0.948. The lowest BCUT2D eigenvalue weighted by molar-refractivity contribution is -0.123. The van der Waals surface area contributed by atoms with Crippen molar-refractivity contribution >= 4 is 27.5 Å². The Hall–Kier alpha value is -1.34. The van der Waals surface area contributed by atoms with Crippen LogP contribution in [-0.2, 0) is 4.79 Å². The highest BCUT2D eigenvalue weighted by atomic mass is 79.9. The monoisotopic (exact) mass is 336 g/mol. The Morgan fingerprint density at radius 1 is 1.35 bits per heavy atom. The first-order valence-corrected chi connectivity index (χ1v) is 7.78. The number of nitrogens with one attached hydrogen (secondary N) is 1. The Labute approximate surface area is 129 Å². The molecule has 0 aliphatic heterocycles. The molecule has 1 rings (SSSR count). The van der Waals surface area contributed by atoms with Gasteiger partial charge in [-0.1, -0.05) is 48.7 Å². The number of rotatable bonds is 6. The van der Waals surface area contributed by atoms with Gasteiger partial charge in [0.25, 0.3) is 0 Å². The van der Waals surface area contributed by atoms with Crippen molar-refractivity contribution in [2.45, 2.75) is 46.5 Å². The van der Waals surface area contributed by atoms with E-state index in [0.717, 1.165) is 28.6 Å². The van der Waals surface area contributed by atoms with Crippen LogP contribution >= 0.6 is 15.9 Å². The number of benzene rings is 1. The van der Waals surface area contributed by atoms with Crippen molar-refractivity contribution in [2.75, 3.05) is 5.32 Å². The van der Waals surface area contributed by atoms with E-state index in [1.165, 1.54) is 0 Å². The molecule has 0 spiro atoms. The van der Waals surface area contributed by atoms with Gasteiger partial charge in [-0.05, 0) is 37.5 Å². The smallest absolute Gasteiger partial charge is 0.244 e. The number of halogens is 1. The zero-order valence-electron chi connectivity index (χ0n) is 12.3. The van der Waals surface area contributed by atoms with E-state index in [1.807, 2.05) is 39.0 Å².